The van der Waals surface area contributed by atoms with Crippen LogP contribution in [0.4, 0.5) is 16.3 Å². The van der Waals surface area contributed by atoms with Crippen molar-refractivity contribution in [1.29, 1.82) is 0 Å². The van der Waals surface area contributed by atoms with Crippen molar-refractivity contribution < 1.29 is 9.21 Å². The molecule has 0 aliphatic carbocycles. The molecule has 4 rings (SSSR count). The summed E-state index contributed by atoms with van der Waals surface area (Å²) in [5.41, 5.74) is 2.05. The number of hydrogen-bond acceptors (Lipinski definition) is 4. The van der Waals surface area contributed by atoms with Crippen LogP contribution < -0.4 is 15.1 Å². The third-order valence-corrected chi connectivity index (χ3v) is 4.41. The second-order valence-corrected chi connectivity index (χ2v) is 6.14. The first-order valence-corrected chi connectivity index (χ1v) is 8.63. The van der Waals surface area contributed by atoms with Gasteiger partial charge in [0, 0.05) is 25.8 Å². The monoisotopic (exact) mass is 348 g/mol. The van der Waals surface area contributed by atoms with Crippen LogP contribution in [0.2, 0.25) is 0 Å². The molecule has 0 saturated carbocycles. The fourth-order valence-corrected chi connectivity index (χ4v) is 3.13. The van der Waals surface area contributed by atoms with Crippen molar-refractivity contribution in [3.8, 4) is 0 Å². The Kier molecular flexibility index (Phi) is 4.55. The summed E-state index contributed by atoms with van der Waals surface area (Å²) in [5.74, 6) is 1.56. The standard InChI is InChI=1S/C20H20N4O2/c25-20(22-14-17-8-5-13-26-17)24-12-11-23(15-16-6-2-1-3-7-16)19-18(24)9-4-10-21-19/h1-10,13H,11-12,14-15H2,(H,22,25). The van der Waals surface area contributed by atoms with Crippen LogP contribution in [0.1, 0.15) is 11.3 Å². The van der Waals surface area contributed by atoms with E-state index in [0.29, 0.717) is 13.1 Å². The Labute approximate surface area is 152 Å². The molecule has 0 atom stereocenters. The Hall–Kier alpha value is -3.28. The molecule has 1 aliphatic heterocycles. The van der Waals surface area contributed by atoms with Crippen molar-refractivity contribution in [2.45, 2.75) is 13.1 Å². The van der Waals surface area contributed by atoms with Gasteiger partial charge in [0.15, 0.2) is 5.82 Å². The van der Waals surface area contributed by atoms with E-state index in [4.69, 9.17) is 4.42 Å². The van der Waals surface area contributed by atoms with Crippen LogP contribution in [0.25, 0.3) is 0 Å². The smallest absolute Gasteiger partial charge is 0.322 e. The molecule has 1 N–H and O–H groups in total. The number of aromatic nitrogens is 1. The number of hydrogen-bond donors (Lipinski definition) is 1. The van der Waals surface area contributed by atoms with E-state index in [1.165, 1.54) is 5.56 Å². The van der Waals surface area contributed by atoms with Crippen molar-refractivity contribution in [2.75, 3.05) is 22.9 Å². The SMILES string of the molecule is O=C(NCc1ccco1)N1CCN(Cc2ccccc2)c2ncccc21. The molecule has 6 nitrogen and oxygen atoms in total. The molecule has 0 radical (unpaired) electrons. The number of benzene rings is 1. The first kappa shape index (κ1) is 16.2. The molecule has 2 amide bonds. The molecule has 1 aromatic carbocycles. The molecule has 1 aliphatic rings. The quantitative estimate of drug-likeness (QED) is 0.785. The minimum absolute atomic E-state index is 0.144. The molecular formula is C20H20N4O2. The third-order valence-electron chi connectivity index (χ3n) is 4.41. The normalized spacial score (nSPS) is 13.4. The van der Waals surface area contributed by atoms with E-state index in [1.54, 1.807) is 17.4 Å². The molecular weight excluding hydrogens is 328 g/mol. The largest absolute Gasteiger partial charge is 0.467 e. The van der Waals surface area contributed by atoms with Gasteiger partial charge in [0.05, 0.1) is 18.5 Å². The molecule has 0 bridgehead atoms. The third kappa shape index (κ3) is 3.39. The van der Waals surface area contributed by atoms with Crippen LogP contribution in [0.5, 0.6) is 0 Å². The van der Waals surface area contributed by atoms with E-state index in [-0.39, 0.29) is 6.03 Å². The Morgan fingerprint density at radius 1 is 1.08 bits per heavy atom. The maximum absolute atomic E-state index is 12.6. The lowest BCUT2D eigenvalue weighted by Gasteiger charge is -2.36. The summed E-state index contributed by atoms with van der Waals surface area (Å²) < 4.78 is 5.27. The maximum atomic E-state index is 12.6. The highest BCUT2D eigenvalue weighted by Gasteiger charge is 2.27. The summed E-state index contributed by atoms with van der Waals surface area (Å²) in [7, 11) is 0. The zero-order valence-electron chi connectivity index (χ0n) is 14.3. The number of carbonyl (C=O) groups excluding carboxylic acids is 1. The number of rotatable bonds is 4. The van der Waals surface area contributed by atoms with E-state index >= 15 is 0 Å². The van der Waals surface area contributed by atoms with Gasteiger partial charge < -0.3 is 14.6 Å². The molecule has 3 heterocycles. The minimum Gasteiger partial charge on any atom is -0.467 e. The van der Waals surface area contributed by atoms with Crippen molar-refractivity contribution in [3.63, 3.8) is 0 Å². The summed E-state index contributed by atoms with van der Waals surface area (Å²) >= 11 is 0. The van der Waals surface area contributed by atoms with E-state index in [9.17, 15) is 4.79 Å². The fraction of sp³-hybridized carbons (Fsp3) is 0.200. The van der Waals surface area contributed by atoms with Gasteiger partial charge in [-0.2, -0.15) is 0 Å². The van der Waals surface area contributed by atoms with Crippen molar-refractivity contribution in [3.05, 3.63) is 78.4 Å². The molecule has 3 aromatic rings. The maximum Gasteiger partial charge on any atom is 0.322 e. The second kappa shape index (κ2) is 7.31. The summed E-state index contributed by atoms with van der Waals surface area (Å²) in [6.45, 7) is 2.47. The summed E-state index contributed by atoms with van der Waals surface area (Å²) in [6.07, 6.45) is 3.37. The summed E-state index contributed by atoms with van der Waals surface area (Å²) in [4.78, 5) is 21.1. The number of nitrogens with zero attached hydrogens (tertiary/aromatic N) is 3. The molecule has 26 heavy (non-hydrogen) atoms. The number of pyridine rings is 1. The van der Waals surface area contributed by atoms with E-state index in [1.807, 2.05) is 42.5 Å². The van der Waals surface area contributed by atoms with Crippen LogP contribution in [0, 0.1) is 0 Å². The Morgan fingerprint density at radius 2 is 1.96 bits per heavy atom. The number of urea groups is 1. The van der Waals surface area contributed by atoms with Crippen LogP contribution >= 0.6 is 0 Å². The lowest BCUT2D eigenvalue weighted by molar-refractivity contribution is 0.244. The van der Waals surface area contributed by atoms with Gasteiger partial charge in [-0.25, -0.2) is 9.78 Å². The highest BCUT2D eigenvalue weighted by Crippen LogP contribution is 2.31. The minimum atomic E-state index is -0.144. The molecule has 0 unspecified atom stereocenters. The number of anilines is 2. The van der Waals surface area contributed by atoms with Gasteiger partial charge in [-0.15, -0.1) is 0 Å². The molecule has 0 spiro atoms. The topological polar surface area (TPSA) is 61.6 Å². The average Bonchev–Trinajstić information content (AvgIpc) is 3.21. The lowest BCUT2D eigenvalue weighted by atomic mass is 10.2. The lowest BCUT2D eigenvalue weighted by Crippen LogP contribution is -2.48. The molecule has 0 fully saturated rings. The van der Waals surface area contributed by atoms with Gasteiger partial charge >= 0.3 is 6.03 Å². The highest BCUT2D eigenvalue weighted by atomic mass is 16.3. The highest BCUT2D eigenvalue weighted by molar-refractivity contribution is 5.95. The number of furan rings is 1. The Balaban J connectivity index is 1.51. The van der Waals surface area contributed by atoms with E-state index in [0.717, 1.165) is 30.4 Å². The molecule has 132 valence electrons. The van der Waals surface area contributed by atoms with Crippen molar-refractivity contribution >= 4 is 17.5 Å². The summed E-state index contributed by atoms with van der Waals surface area (Å²) in [5, 5.41) is 2.91. The number of amides is 2. The van der Waals surface area contributed by atoms with Crippen LogP contribution in [0.15, 0.2) is 71.5 Å². The molecule has 0 saturated heterocycles. The van der Waals surface area contributed by atoms with Gasteiger partial charge in [-0.1, -0.05) is 30.3 Å². The first-order valence-electron chi connectivity index (χ1n) is 8.63. The second-order valence-electron chi connectivity index (χ2n) is 6.14. The zero-order valence-corrected chi connectivity index (χ0v) is 14.3. The van der Waals surface area contributed by atoms with Crippen molar-refractivity contribution in [2.24, 2.45) is 0 Å². The Morgan fingerprint density at radius 3 is 2.77 bits per heavy atom. The number of nitrogens with one attached hydrogen (secondary N) is 1. The molecule has 2 aromatic heterocycles. The van der Waals surface area contributed by atoms with Gasteiger partial charge in [0.25, 0.3) is 0 Å². The van der Waals surface area contributed by atoms with E-state index < -0.39 is 0 Å². The van der Waals surface area contributed by atoms with Gasteiger partial charge in [-0.3, -0.25) is 4.90 Å². The van der Waals surface area contributed by atoms with Crippen LogP contribution in [-0.2, 0) is 13.1 Å². The van der Waals surface area contributed by atoms with Crippen molar-refractivity contribution in [1.82, 2.24) is 10.3 Å². The van der Waals surface area contributed by atoms with Gasteiger partial charge in [0.1, 0.15) is 5.76 Å². The van der Waals surface area contributed by atoms with Gasteiger partial charge in [-0.05, 0) is 29.8 Å². The predicted octanol–water partition coefficient (Wildman–Crippen LogP) is 3.41. The predicted molar refractivity (Wildman–Crippen MR) is 100 cm³/mol. The number of fused-ring (bicyclic) bond motifs is 1. The summed E-state index contributed by atoms with van der Waals surface area (Å²) in [6, 6.07) is 17.6. The average molecular weight is 348 g/mol. The zero-order chi connectivity index (χ0) is 17.8. The fourth-order valence-electron chi connectivity index (χ4n) is 3.13. The number of carbonyl (C=O) groups is 1. The molecule has 6 heteroatoms. The van der Waals surface area contributed by atoms with E-state index in [2.05, 4.69) is 27.3 Å². The van der Waals surface area contributed by atoms with Crippen LogP contribution in [-0.4, -0.2) is 24.1 Å². The Bertz CT molecular complexity index is 865. The van der Waals surface area contributed by atoms with Crippen LogP contribution in [0.3, 0.4) is 0 Å². The first-order chi connectivity index (χ1) is 12.8. The van der Waals surface area contributed by atoms with Gasteiger partial charge in [0.2, 0.25) is 0 Å².